The molecule has 0 radical (unpaired) electrons. The summed E-state index contributed by atoms with van der Waals surface area (Å²) in [6, 6.07) is 9.16. The van der Waals surface area contributed by atoms with E-state index in [1.54, 1.807) is 12.1 Å². The number of rotatable bonds is 9. The Morgan fingerprint density at radius 3 is 1.63 bits per heavy atom. The number of benzene rings is 2. The molecule has 7 heteroatoms. The van der Waals surface area contributed by atoms with E-state index in [0.717, 1.165) is 0 Å². The Morgan fingerprint density at radius 1 is 0.767 bits per heavy atom. The van der Waals surface area contributed by atoms with Gasteiger partial charge in [0.1, 0.15) is 0 Å². The molecule has 0 bridgehead atoms. The summed E-state index contributed by atoms with van der Waals surface area (Å²) in [6.45, 7) is 11.4. The van der Waals surface area contributed by atoms with Gasteiger partial charge < -0.3 is 24.6 Å². The quantitative estimate of drug-likeness (QED) is 0.599. The summed E-state index contributed by atoms with van der Waals surface area (Å²) in [5, 5.41) is 11.8. The van der Waals surface area contributed by atoms with Gasteiger partial charge in [0, 0.05) is 11.3 Å². The van der Waals surface area contributed by atoms with Crippen LogP contribution in [0.4, 0.5) is 5.69 Å². The van der Waals surface area contributed by atoms with Crippen LogP contribution in [0.5, 0.6) is 17.2 Å². The predicted octanol–water partition coefficient (Wildman–Crippen LogP) is 5.00. The van der Waals surface area contributed by atoms with Crippen molar-refractivity contribution in [3.8, 4) is 17.2 Å². The molecule has 0 atom stereocenters. The topological polar surface area (TPSA) is 94.1 Å². The van der Waals surface area contributed by atoms with Gasteiger partial charge in [0.25, 0.3) is 5.91 Å². The summed E-state index contributed by atoms with van der Waals surface area (Å²) >= 11 is 0. The summed E-state index contributed by atoms with van der Waals surface area (Å²) in [4.78, 5) is 23.9. The SMILES string of the molecule is CC(C)Oc1cc(C(=O)Nc2ccc(C(=O)O)cc2)cc(OC(C)C)c1OC(C)C. The second-order valence-corrected chi connectivity index (χ2v) is 7.64. The molecule has 0 unspecified atom stereocenters. The van der Waals surface area contributed by atoms with E-state index >= 15 is 0 Å². The molecule has 2 rings (SSSR count). The number of nitrogens with one attached hydrogen (secondary N) is 1. The summed E-state index contributed by atoms with van der Waals surface area (Å²) in [5.74, 6) is -0.114. The molecule has 0 spiro atoms. The molecule has 162 valence electrons. The molecule has 1 amide bonds. The lowest BCUT2D eigenvalue weighted by Gasteiger charge is -2.22. The Labute approximate surface area is 177 Å². The zero-order chi connectivity index (χ0) is 22.4. The van der Waals surface area contributed by atoms with Gasteiger partial charge in [-0.25, -0.2) is 4.79 Å². The Balaban J connectivity index is 2.41. The summed E-state index contributed by atoms with van der Waals surface area (Å²) in [7, 11) is 0. The lowest BCUT2D eigenvalue weighted by atomic mass is 10.1. The maximum Gasteiger partial charge on any atom is 0.335 e. The van der Waals surface area contributed by atoms with Crippen molar-refractivity contribution in [2.45, 2.75) is 59.9 Å². The number of amides is 1. The molecule has 0 aliphatic carbocycles. The Kier molecular flexibility index (Phi) is 7.69. The monoisotopic (exact) mass is 415 g/mol. The van der Waals surface area contributed by atoms with Gasteiger partial charge in [0.2, 0.25) is 5.75 Å². The molecule has 0 aliphatic heterocycles. The number of hydrogen-bond donors (Lipinski definition) is 2. The van der Waals surface area contributed by atoms with Gasteiger partial charge in [-0.05, 0) is 77.9 Å². The second kappa shape index (κ2) is 10.0. The average Bonchev–Trinajstić information content (AvgIpc) is 2.63. The van der Waals surface area contributed by atoms with E-state index in [0.29, 0.717) is 28.5 Å². The van der Waals surface area contributed by atoms with Crippen LogP contribution in [0, 0.1) is 0 Å². The molecule has 2 aromatic rings. The fourth-order valence-electron chi connectivity index (χ4n) is 2.64. The fraction of sp³-hybridized carbons (Fsp3) is 0.391. The first-order chi connectivity index (χ1) is 14.1. The molecule has 0 saturated carbocycles. The standard InChI is InChI=1S/C23H29NO6/c1-13(2)28-19-11-17(12-20(29-14(3)4)21(19)30-15(5)6)22(25)24-18-9-7-16(8-10-18)23(26)27/h7-15H,1-6H3,(H,24,25)(H,26,27). The van der Waals surface area contributed by atoms with Gasteiger partial charge in [0.15, 0.2) is 11.5 Å². The van der Waals surface area contributed by atoms with Crippen molar-refractivity contribution in [2.75, 3.05) is 5.32 Å². The van der Waals surface area contributed by atoms with Crippen LogP contribution in [0.15, 0.2) is 36.4 Å². The zero-order valence-corrected chi connectivity index (χ0v) is 18.2. The van der Waals surface area contributed by atoms with Gasteiger partial charge in [0.05, 0.1) is 23.9 Å². The molecular formula is C23H29NO6. The van der Waals surface area contributed by atoms with E-state index in [9.17, 15) is 9.59 Å². The third kappa shape index (κ3) is 6.40. The number of carbonyl (C=O) groups excluding carboxylic acids is 1. The minimum atomic E-state index is -1.03. The van der Waals surface area contributed by atoms with Crippen LogP contribution in [-0.4, -0.2) is 35.3 Å². The largest absolute Gasteiger partial charge is 0.487 e. The van der Waals surface area contributed by atoms with E-state index in [1.807, 2.05) is 41.5 Å². The maximum atomic E-state index is 12.9. The fourth-order valence-corrected chi connectivity index (χ4v) is 2.64. The van der Waals surface area contributed by atoms with Crippen LogP contribution in [0.1, 0.15) is 62.3 Å². The Bertz CT molecular complexity index is 856. The highest BCUT2D eigenvalue weighted by atomic mass is 16.6. The highest BCUT2D eigenvalue weighted by molar-refractivity contribution is 6.05. The van der Waals surface area contributed by atoms with Gasteiger partial charge in [-0.15, -0.1) is 0 Å². The van der Waals surface area contributed by atoms with E-state index in [1.165, 1.54) is 24.3 Å². The van der Waals surface area contributed by atoms with E-state index < -0.39 is 5.97 Å². The molecule has 7 nitrogen and oxygen atoms in total. The molecule has 0 fully saturated rings. The summed E-state index contributed by atoms with van der Waals surface area (Å²) in [6.07, 6.45) is -0.372. The molecule has 30 heavy (non-hydrogen) atoms. The van der Waals surface area contributed by atoms with Crippen molar-refractivity contribution in [1.82, 2.24) is 0 Å². The van der Waals surface area contributed by atoms with E-state index in [2.05, 4.69) is 5.32 Å². The van der Waals surface area contributed by atoms with Crippen LogP contribution in [0.25, 0.3) is 0 Å². The van der Waals surface area contributed by atoms with Gasteiger partial charge in [-0.1, -0.05) is 0 Å². The van der Waals surface area contributed by atoms with Crippen LogP contribution in [-0.2, 0) is 0 Å². The van der Waals surface area contributed by atoms with Gasteiger partial charge in [-0.2, -0.15) is 0 Å². The van der Waals surface area contributed by atoms with E-state index in [-0.39, 0.29) is 29.8 Å². The summed E-state index contributed by atoms with van der Waals surface area (Å²) in [5.41, 5.74) is 0.952. The molecule has 0 heterocycles. The number of ether oxygens (including phenoxy) is 3. The van der Waals surface area contributed by atoms with Crippen LogP contribution < -0.4 is 19.5 Å². The first-order valence-electron chi connectivity index (χ1n) is 9.89. The van der Waals surface area contributed by atoms with Gasteiger partial charge >= 0.3 is 5.97 Å². The predicted molar refractivity (Wildman–Crippen MR) is 115 cm³/mol. The zero-order valence-electron chi connectivity index (χ0n) is 18.2. The first kappa shape index (κ1) is 23.1. The first-order valence-corrected chi connectivity index (χ1v) is 9.89. The summed E-state index contributed by atoms with van der Waals surface area (Å²) < 4.78 is 17.7. The lowest BCUT2D eigenvalue weighted by molar-refractivity contribution is 0.0696. The van der Waals surface area contributed by atoms with Crippen molar-refractivity contribution in [3.05, 3.63) is 47.5 Å². The minimum absolute atomic E-state index is 0.110. The van der Waals surface area contributed by atoms with Crippen LogP contribution in [0.2, 0.25) is 0 Å². The number of anilines is 1. The molecule has 0 aromatic heterocycles. The van der Waals surface area contributed by atoms with Crippen molar-refractivity contribution in [3.63, 3.8) is 0 Å². The van der Waals surface area contributed by atoms with Crippen molar-refractivity contribution < 1.29 is 28.9 Å². The highest BCUT2D eigenvalue weighted by Gasteiger charge is 2.21. The third-order valence-corrected chi connectivity index (χ3v) is 3.75. The Hall–Kier alpha value is -3.22. The number of carbonyl (C=O) groups is 2. The average molecular weight is 415 g/mol. The third-order valence-electron chi connectivity index (χ3n) is 3.75. The number of carboxylic acids is 1. The molecule has 0 aliphatic rings. The normalized spacial score (nSPS) is 11.0. The number of hydrogen-bond acceptors (Lipinski definition) is 5. The molecule has 2 aromatic carbocycles. The van der Waals surface area contributed by atoms with Crippen molar-refractivity contribution in [2.24, 2.45) is 0 Å². The van der Waals surface area contributed by atoms with Gasteiger partial charge in [-0.3, -0.25) is 4.79 Å². The Morgan fingerprint density at radius 2 is 1.23 bits per heavy atom. The van der Waals surface area contributed by atoms with E-state index in [4.69, 9.17) is 19.3 Å². The second-order valence-electron chi connectivity index (χ2n) is 7.64. The van der Waals surface area contributed by atoms with Crippen LogP contribution in [0.3, 0.4) is 0 Å². The molecule has 2 N–H and O–H groups in total. The molecular weight excluding hydrogens is 386 g/mol. The minimum Gasteiger partial charge on any atom is -0.487 e. The maximum absolute atomic E-state index is 12.9. The number of aromatic carboxylic acids is 1. The molecule has 0 saturated heterocycles. The van der Waals surface area contributed by atoms with Crippen molar-refractivity contribution in [1.29, 1.82) is 0 Å². The van der Waals surface area contributed by atoms with Crippen LogP contribution >= 0.6 is 0 Å². The highest BCUT2D eigenvalue weighted by Crippen LogP contribution is 2.41. The smallest absolute Gasteiger partial charge is 0.335 e. The van der Waals surface area contributed by atoms with Crippen molar-refractivity contribution >= 4 is 17.6 Å². The number of carboxylic acid groups (broad SMARTS) is 1. The lowest BCUT2D eigenvalue weighted by Crippen LogP contribution is -2.17.